The van der Waals surface area contributed by atoms with E-state index < -0.39 is 11.6 Å². The Bertz CT molecular complexity index is 420. The Morgan fingerprint density at radius 1 is 1.69 bits per heavy atom. The number of rotatable bonds is 1. The summed E-state index contributed by atoms with van der Waals surface area (Å²) in [5.41, 5.74) is 4.83. The van der Waals surface area contributed by atoms with Crippen LogP contribution in [-0.2, 0) is 0 Å². The molecule has 1 rings (SSSR count). The predicted octanol–water partition coefficient (Wildman–Crippen LogP) is 0.0418. The highest BCUT2D eigenvalue weighted by Gasteiger charge is 2.07. The van der Waals surface area contributed by atoms with Gasteiger partial charge in [-0.15, -0.1) is 0 Å². The molecule has 0 aliphatic rings. The van der Waals surface area contributed by atoms with Gasteiger partial charge in [0.2, 0.25) is 0 Å². The summed E-state index contributed by atoms with van der Waals surface area (Å²) in [6.07, 6.45) is 1.28. The van der Waals surface area contributed by atoms with Crippen LogP contribution in [0.3, 0.4) is 0 Å². The Morgan fingerprint density at radius 2 is 2.31 bits per heavy atom. The topological polar surface area (TPSA) is 78.0 Å². The normalized spacial score (nSPS) is 9.62. The van der Waals surface area contributed by atoms with Gasteiger partial charge >= 0.3 is 5.69 Å². The van der Waals surface area contributed by atoms with Crippen molar-refractivity contribution in [2.75, 3.05) is 5.73 Å². The third kappa shape index (κ3) is 1.81. The fourth-order valence-corrected chi connectivity index (χ4v) is 0.776. The average Bonchev–Trinajstić information content (AvgIpc) is 2.03. The first-order chi connectivity index (χ1) is 6.02. The van der Waals surface area contributed by atoms with Crippen LogP contribution in [0, 0.1) is 0 Å². The maximum absolute atomic E-state index is 11.3. The smallest absolute Gasteiger partial charge is 0.356 e. The summed E-state index contributed by atoms with van der Waals surface area (Å²) >= 11 is 0. The maximum Gasteiger partial charge on any atom is 0.356 e. The second-order valence-corrected chi connectivity index (χ2v) is 2.59. The van der Waals surface area contributed by atoms with E-state index in [0.717, 1.165) is 4.57 Å². The van der Waals surface area contributed by atoms with Gasteiger partial charge in [-0.05, 0) is 13.0 Å². The van der Waals surface area contributed by atoms with E-state index in [2.05, 4.69) is 11.6 Å². The van der Waals surface area contributed by atoms with Crippen LogP contribution in [0.4, 0.5) is 5.82 Å². The first-order valence-corrected chi connectivity index (χ1v) is 3.58. The van der Waals surface area contributed by atoms with E-state index in [-0.39, 0.29) is 11.4 Å². The lowest BCUT2D eigenvalue weighted by Gasteiger charge is -2.01. The van der Waals surface area contributed by atoms with Gasteiger partial charge in [-0.2, -0.15) is 4.98 Å². The molecule has 0 aliphatic carbocycles. The number of hydrogen-bond donors (Lipinski definition) is 1. The standard InChI is InChI=1S/C8H9N3O2/c1-5(2)7(12)11-4-3-6(9)10-8(11)13/h3-4H,1H2,2H3,(H2,9,10,13). The predicted molar refractivity (Wildman–Crippen MR) is 48.3 cm³/mol. The maximum atomic E-state index is 11.3. The van der Waals surface area contributed by atoms with E-state index in [4.69, 9.17) is 5.73 Å². The third-order valence-electron chi connectivity index (χ3n) is 1.41. The van der Waals surface area contributed by atoms with Gasteiger partial charge in [-0.25, -0.2) is 9.36 Å². The van der Waals surface area contributed by atoms with Crippen LogP contribution in [0.15, 0.2) is 29.2 Å². The van der Waals surface area contributed by atoms with E-state index in [1.807, 2.05) is 0 Å². The number of nitrogen functional groups attached to an aromatic ring is 1. The van der Waals surface area contributed by atoms with Gasteiger partial charge in [0.05, 0.1) is 0 Å². The van der Waals surface area contributed by atoms with Gasteiger partial charge in [0.1, 0.15) is 5.82 Å². The molecule has 2 N–H and O–H groups in total. The fourth-order valence-electron chi connectivity index (χ4n) is 0.776. The molecule has 1 aromatic rings. The van der Waals surface area contributed by atoms with E-state index in [1.54, 1.807) is 0 Å². The summed E-state index contributed by atoms with van der Waals surface area (Å²) in [5.74, 6) is -0.381. The first-order valence-electron chi connectivity index (χ1n) is 3.58. The Labute approximate surface area is 74.5 Å². The van der Waals surface area contributed by atoms with Crippen molar-refractivity contribution in [2.45, 2.75) is 6.92 Å². The summed E-state index contributed by atoms with van der Waals surface area (Å²) in [7, 11) is 0. The van der Waals surface area contributed by atoms with Gasteiger partial charge < -0.3 is 5.73 Å². The molecule has 0 radical (unpaired) electrons. The molecule has 0 aromatic carbocycles. The molecule has 0 bridgehead atoms. The minimum absolute atomic E-state index is 0.0933. The zero-order valence-electron chi connectivity index (χ0n) is 7.15. The van der Waals surface area contributed by atoms with E-state index >= 15 is 0 Å². The van der Waals surface area contributed by atoms with Crippen LogP contribution in [0.5, 0.6) is 0 Å². The van der Waals surface area contributed by atoms with E-state index in [1.165, 1.54) is 19.2 Å². The van der Waals surface area contributed by atoms with Crippen molar-refractivity contribution in [3.63, 3.8) is 0 Å². The summed E-state index contributed by atoms with van der Waals surface area (Å²) in [6, 6.07) is 1.38. The lowest BCUT2D eigenvalue weighted by atomic mass is 10.3. The van der Waals surface area contributed by atoms with Crippen molar-refractivity contribution in [3.05, 3.63) is 34.9 Å². The monoisotopic (exact) mass is 179 g/mol. The Kier molecular flexibility index (Phi) is 2.27. The number of carbonyl (C=O) groups is 1. The number of carbonyl (C=O) groups excluding carboxylic acids is 1. The molecule has 0 aliphatic heterocycles. The number of nitrogens with two attached hydrogens (primary N) is 1. The average molecular weight is 179 g/mol. The molecule has 1 aromatic heterocycles. The van der Waals surface area contributed by atoms with Gasteiger partial charge in [-0.3, -0.25) is 4.79 Å². The Hall–Kier alpha value is -1.91. The van der Waals surface area contributed by atoms with Crippen LogP contribution in [-0.4, -0.2) is 15.5 Å². The van der Waals surface area contributed by atoms with Crippen LogP contribution < -0.4 is 11.4 Å². The summed E-state index contributed by atoms with van der Waals surface area (Å²) in [6.45, 7) is 4.95. The van der Waals surface area contributed by atoms with E-state index in [9.17, 15) is 9.59 Å². The quantitative estimate of drug-likeness (QED) is 0.617. The molecule has 5 heteroatoms. The fraction of sp³-hybridized carbons (Fsp3) is 0.125. The molecule has 0 spiro atoms. The molecule has 1 heterocycles. The summed E-state index contributed by atoms with van der Waals surface area (Å²) < 4.78 is 0.860. The van der Waals surface area contributed by atoms with Gasteiger partial charge in [-0.1, -0.05) is 6.58 Å². The molecule has 0 unspecified atom stereocenters. The van der Waals surface area contributed by atoms with Crippen molar-refractivity contribution < 1.29 is 4.79 Å². The van der Waals surface area contributed by atoms with Crippen molar-refractivity contribution in [3.8, 4) is 0 Å². The minimum atomic E-state index is -0.687. The summed E-state index contributed by atoms with van der Waals surface area (Å²) in [5, 5.41) is 0. The van der Waals surface area contributed by atoms with Crippen molar-refractivity contribution in [1.82, 2.24) is 9.55 Å². The SMILES string of the molecule is C=C(C)C(=O)n1ccc(N)nc1=O. The first kappa shape index (κ1) is 9.18. The number of anilines is 1. The van der Waals surface area contributed by atoms with Crippen LogP contribution in [0.25, 0.3) is 0 Å². The molecule has 0 saturated carbocycles. The molecule has 0 amide bonds. The van der Waals surface area contributed by atoms with Crippen molar-refractivity contribution >= 4 is 11.7 Å². The highest BCUT2D eigenvalue weighted by molar-refractivity contribution is 5.93. The Morgan fingerprint density at radius 3 is 2.77 bits per heavy atom. The largest absolute Gasteiger partial charge is 0.383 e. The second kappa shape index (κ2) is 3.22. The number of hydrogen-bond acceptors (Lipinski definition) is 4. The number of nitrogens with zero attached hydrogens (tertiary/aromatic N) is 2. The number of aromatic nitrogens is 2. The molecule has 5 nitrogen and oxygen atoms in total. The zero-order chi connectivity index (χ0) is 10.0. The molecular weight excluding hydrogens is 170 g/mol. The molecule has 0 fully saturated rings. The highest BCUT2D eigenvalue weighted by Crippen LogP contribution is 1.94. The molecule has 68 valence electrons. The van der Waals surface area contributed by atoms with Crippen molar-refractivity contribution in [1.29, 1.82) is 0 Å². The van der Waals surface area contributed by atoms with Crippen LogP contribution in [0.1, 0.15) is 11.7 Å². The van der Waals surface area contributed by atoms with Crippen LogP contribution in [0.2, 0.25) is 0 Å². The van der Waals surface area contributed by atoms with E-state index in [0.29, 0.717) is 0 Å². The molecule has 13 heavy (non-hydrogen) atoms. The Balaban J connectivity index is 3.25. The summed E-state index contributed by atoms with van der Waals surface area (Å²) in [4.78, 5) is 25.8. The minimum Gasteiger partial charge on any atom is -0.383 e. The van der Waals surface area contributed by atoms with Gasteiger partial charge in [0, 0.05) is 11.8 Å². The molecular formula is C8H9N3O2. The zero-order valence-corrected chi connectivity index (χ0v) is 7.15. The molecule has 0 saturated heterocycles. The highest BCUT2D eigenvalue weighted by atomic mass is 16.2. The molecule has 0 atom stereocenters. The van der Waals surface area contributed by atoms with Gasteiger partial charge in [0.15, 0.2) is 0 Å². The third-order valence-corrected chi connectivity index (χ3v) is 1.41. The number of allylic oxidation sites excluding steroid dienone is 1. The van der Waals surface area contributed by atoms with Gasteiger partial charge in [0.25, 0.3) is 5.91 Å². The second-order valence-electron chi connectivity index (χ2n) is 2.59. The lowest BCUT2D eigenvalue weighted by molar-refractivity contribution is 0.0950. The van der Waals surface area contributed by atoms with Crippen LogP contribution >= 0.6 is 0 Å². The van der Waals surface area contributed by atoms with Crippen molar-refractivity contribution in [2.24, 2.45) is 0 Å². The lowest BCUT2D eigenvalue weighted by Crippen LogP contribution is -2.29.